The minimum Gasteiger partial charge on any atom is -0.507 e. The van der Waals surface area contributed by atoms with Gasteiger partial charge in [-0.2, -0.15) is 0 Å². The zero-order chi connectivity index (χ0) is 12.1. The SMILES string of the molecule is CCN(CCN)C(=O)c1c(O)cccc1F. The second-order valence-corrected chi connectivity index (χ2v) is 3.31. The van der Waals surface area contributed by atoms with E-state index in [0.29, 0.717) is 19.6 Å². The third-order valence-corrected chi connectivity index (χ3v) is 2.27. The van der Waals surface area contributed by atoms with Crippen molar-refractivity contribution in [3.05, 3.63) is 29.6 Å². The van der Waals surface area contributed by atoms with E-state index in [2.05, 4.69) is 0 Å². The Morgan fingerprint density at radius 3 is 2.75 bits per heavy atom. The summed E-state index contributed by atoms with van der Waals surface area (Å²) in [6, 6.07) is 3.77. The van der Waals surface area contributed by atoms with E-state index in [4.69, 9.17) is 5.73 Å². The highest BCUT2D eigenvalue weighted by molar-refractivity contribution is 5.97. The molecule has 88 valence electrons. The smallest absolute Gasteiger partial charge is 0.260 e. The number of amides is 1. The average molecular weight is 226 g/mol. The third kappa shape index (κ3) is 2.49. The fourth-order valence-electron chi connectivity index (χ4n) is 1.44. The first kappa shape index (κ1) is 12.4. The van der Waals surface area contributed by atoms with Gasteiger partial charge in [0.25, 0.3) is 5.91 Å². The number of carbonyl (C=O) groups is 1. The number of carbonyl (C=O) groups excluding carboxylic acids is 1. The molecule has 1 aromatic carbocycles. The summed E-state index contributed by atoms with van der Waals surface area (Å²) in [4.78, 5) is 13.3. The summed E-state index contributed by atoms with van der Waals surface area (Å²) in [6.07, 6.45) is 0. The van der Waals surface area contributed by atoms with E-state index in [1.807, 2.05) is 0 Å². The number of likely N-dealkylation sites (N-methyl/N-ethyl adjacent to an activating group) is 1. The van der Waals surface area contributed by atoms with E-state index < -0.39 is 11.7 Å². The van der Waals surface area contributed by atoms with Crippen LogP contribution in [-0.4, -0.2) is 35.5 Å². The predicted molar refractivity (Wildman–Crippen MR) is 58.7 cm³/mol. The van der Waals surface area contributed by atoms with Crippen LogP contribution in [0.2, 0.25) is 0 Å². The molecule has 0 aliphatic carbocycles. The van der Waals surface area contributed by atoms with Gasteiger partial charge in [-0.15, -0.1) is 0 Å². The highest BCUT2D eigenvalue weighted by atomic mass is 19.1. The summed E-state index contributed by atoms with van der Waals surface area (Å²) < 4.78 is 13.4. The van der Waals surface area contributed by atoms with E-state index in [-0.39, 0.29) is 11.3 Å². The van der Waals surface area contributed by atoms with Crippen molar-refractivity contribution >= 4 is 5.91 Å². The number of hydrogen-bond donors (Lipinski definition) is 2. The van der Waals surface area contributed by atoms with Gasteiger partial charge in [-0.25, -0.2) is 4.39 Å². The third-order valence-electron chi connectivity index (χ3n) is 2.27. The van der Waals surface area contributed by atoms with Crippen molar-refractivity contribution in [2.24, 2.45) is 5.73 Å². The number of nitrogens with zero attached hydrogens (tertiary/aromatic N) is 1. The van der Waals surface area contributed by atoms with Crippen LogP contribution in [0.4, 0.5) is 4.39 Å². The fraction of sp³-hybridized carbons (Fsp3) is 0.364. The van der Waals surface area contributed by atoms with E-state index in [1.54, 1.807) is 6.92 Å². The molecule has 4 nitrogen and oxygen atoms in total. The molecule has 0 unspecified atom stereocenters. The summed E-state index contributed by atoms with van der Waals surface area (Å²) >= 11 is 0. The maximum Gasteiger partial charge on any atom is 0.260 e. The molecule has 0 aromatic heterocycles. The van der Waals surface area contributed by atoms with Crippen LogP contribution in [0.25, 0.3) is 0 Å². The number of aromatic hydroxyl groups is 1. The lowest BCUT2D eigenvalue weighted by Crippen LogP contribution is -2.35. The maximum atomic E-state index is 13.4. The second kappa shape index (κ2) is 5.46. The normalized spacial score (nSPS) is 10.2. The molecule has 1 rings (SSSR count). The Kier molecular flexibility index (Phi) is 4.25. The summed E-state index contributed by atoms with van der Waals surface area (Å²) in [5, 5.41) is 9.46. The van der Waals surface area contributed by atoms with Crippen molar-refractivity contribution in [1.82, 2.24) is 4.90 Å². The molecule has 1 amide bonds. The Labute approximate surface area is 93.5 Å². The number of nitrogens with two attached hydrogens (primary N) is 1. The van der Waals surface area contributed by atoms with Crippen molar-refractivity contribution < 1.29 is 14.3 Å². The summed E-state index contributed by atoms with van der Waals surface area (Å²) in [5.74, 6) is -1.61. The molecule has 0 bridgehead atoms. The van der Waals surface area contributed by atoms with Crippen LogP contribution in [0.5, 0.6) is 5.75 Å². The minimum absolute atomic E-state index is 0.294. The minimum atomic E-state index is -0.722. The Hall–Kier alpha value is -1.62. The summed E-state index contributed by atoms with van der Waals surface area (Å²) in [5.41, 5.74) is 5.05. The molecule has 1 aromatic rings. The molecule has 5 heteroatoms. The molecule has 16 heavy (non-hydrogen) atoms. The Bertz CT molecular complexity index is 362. The van der Waals surface area contributed by atoms with Gasteiger partial charge in [0.05, 0.1) is 0 Å². The van der Waals surface area contributed by atoms with Crippen LogP contribution in [0.1, 0.15) is 17.3 Å². The van der Waals surface area contributed by atoms with Crippen LogP contribution in [0.15, 0.2) is 18.2 Å². The van der Waals surface area contributed by atoms with Crippen molar-refractivity contribution in [3.63, 3.8) is 0 Å². The molecule has 0 saturated heterocycles. The molecule has 3 N–H and O–H groups in total. The van der Waals surface area contributed by atoms with Crippen LogP contribution < -0.4 is 5.73 Å². The van der Waals surface area contributed by atoms with Gasteiger partial charge in [0.2, 0.25) is 0 Å². The fourth-order valence-corrected chi connectivity index (χ4v) is 1.44. The van der Waals surface area contributed by atoms with Gasteiger partial charge >= 0.3 is 0 Å². The van der Waals surface area contributed by atoms with Gasteiger partial charge in [0, 0.05) is 19.6 Å². The number of halogens is 1. The van der Waals surface area contributed by atoms with Crippen LogP contribution in [0, 0.1) is 5.82 Å². The maximum absolute atomic E-state index is 13.4. The lowest BCUT2D eigenvalue weighted by Gasteiger charge is -2.20. The first-order valence-electron chi connectivity index (χ1n) is 5.08. The highest BCUT2D eigenvalue weighted by Crippen LogP contribution is 2.21. The zero-order valence-corrected chi connectivity index (χ0v) is 9.11. The second-order valence-electron chi connectivity index (χ2n) is 3.31. The van der Waals surface area contributed by atoms with E-state index in [0.717, 1.165) is 6.07 Å². The topological polar surface area (TPSA) is 66.6 Å². The highest BCUT2D eigenvalue weighted by Gasteiger charge is 2.20. The molecule has 0 fully saturated rings. The van der Waals surface area contributed by atoms with Crippen LogP contribution in [-0.2, 0) is 0 Å². The first-order valence-corrected chi connectivity index (χ1v) is 5.08. The largest absolute Gasteiger partial charge is 0.507 e. The van der Waals surface area contributed by atoms with E-state index >= 15 is 0 Å². The Morgan fingerprint density at radius 1 is 1.56 bits per heavy atom. The zero-order valence-electron chi connectivity index (χ0n) is 9.11. The number of phenols is 1. The quantitative estimate of drug-likeness (QED) is 0.803. The van der Waals surface area contributed by atoms with Gasteiger partial charge in [-0.1, -0.05) is 6.07 Å². The van der Waals surface area contributed by atoms with Crippen molar-refractivity contribution in [3.8, 4) is 5.75 Å². The Morgan fingerprint density at radius 2 is 2.25 bits per heavy atom. The molecule has 0 heterocycles. The predicted octanol–water partition coefficient (Wildman–Crippen LogP) is 0.952. The molecule has 0 saturated carbocycles. The lowest BCUT2D eigenvalue weighted by atomic mass is 10.1. The molecular weight excluding hydrogens is 211 g/mol. The van der Waals surface area contributed by atoms with Gasteiger partial charge in [-0.05, 0) is 19.1 Å². The average Bonchev–Trinajstić information content (AvgIpc) is 2.25. The summed E-state index contributed by atoms with van der Waals surface area (Å²) in [7, 11) is 0. The number of benzene rings is 1. The van der Waals surface area contributed by atoms with Gasteiger partial charge < -0.3 is 15.7 Å². The standard InChI is InChI=1S/C11H15FN2O2/c1-2-14(7-6-13)11(16)10-8(12)4-3-5-9(10)15/h3-5,15H,2,6-7,13H2,1H3. The molecule has 0 atom stereocenters. The molecule has 0 spiro atoms. The molecular formula is C11H15FN2O2. The van der Waals surface area contributed by atoms with Crippen LogP contribution >= 0.6 is 0 Å². The van der Waals surface area contributed by atoms with E-state index in [1.165, 1.54) is 17.0 Å². The van der Waals surface area contributed by atoms with Crippen molar-refractivity contribution in [2.75, 3.05) is 19.6 Å². The number of hydrogen-bond acceptors (Lipinski definition) is 3. The molecule has 0 aliphatic heterocycles. The molecule has 0 radical (unpaired) electrons. The van der Waals surface area contributed by atoms with Crippen molar-refractivity contribution in [1.29, 1.82) is 0 Å². The summed E-state index contributed by atoms with van der Waals surface area (Å²) in [6.45, 7) is 2.83. The van der Waals surface area contributed by atoms with Gasteiger partial charge in [0.15, 0.2) is 0 Å². The Balaban J connectivity index is 3.03. The van der Waals surface area contributed by atoms with Gasteiger partial charge in [0.1, 0.15) is 17.1 Å². The first-order chi connectivity index (χ1) is 7.61. The lowest BCUT2D eigenvalue weighted by molar-refractivity contribution is 0.0761. The van der Waals surface area contributed by atoms with Gasteiger partial charge in [-0.3, -0.25) is 4.79 Å². The molecule has 0 aliphatic rings. The van der Waals surface area contributed by atoms with Crippen molar-refractivity contribution in [2.45, 2.75) is 6.92 Å². The van der Waals surface area contributed by atoms with Crippen LogP contribution in [0.3, 0.4) is 0 Å². The number of phenolic OH excluding ortho intramolecular Hbond substituents is 1. The van der Waals surface area contributed by atoms with E-state index in [9.17, 15) is 14.3 Å². The monoisotopic (exact) mass is 226 g/mol. The number of rotatable bonds is 4.